The van der Waals surface area contributed by atoms with Gasteiger partial charge < -0.3 is 9.47 Å². The third-order valence-corrected chi connectivity index (χ3v) is 4.52. The van der Waals surface area contributed by atoms with E-state index in [1.807, 2.05) is 53.4 Å². The summed E-state index contributed by atoms with van der Waals surface area (Å²) in [6.07, 6.45) is 4.55. The molecule has 3 aromatic rings. The van der Waals surface area contributed by atoms with Gasteiger partial charge >= 0.3 is 0 Å². The smallest absolute Gasteiger partial charge is 0.266 e. The lowest BCUT2D eigenvalue weighted by atomic mass is 10.0. The number of aromatic nitrogens is 3. The number of nitrogens with zero attached hydrogens (tertiary/aromatic N) is 4. The van der Waals surface area contributed by atoms with Crippen molar-refractivity contribution in [3.63, 3.8) is 0 Å². The Morgan fingerprint density at radius 3 is 2.72 bits per heavy atom. The highest BCUT2D eigenvalue weighted by molar-refractivity contribution is 5.94. The van der Waals surface area contributed by atoms with Gasteiger partial charge in [0.05, 0.1) is 5.69 Å². The van der Waals surface area contributed by atoms with Gasteiger partial charge in [0.25, 0.3) is 11.5 Å². The molecule has 0 aliphatic carbocycles. The molecule has 1 aromatic carbocycles. The Kier molecular flexibility index (Phi) is 3.72. The summed E-state index contributed by atoms with van der Waals surface area (Å²) in [6.45, 7) is 1.02. The highest BCUT2D eigenvalue weighted by Crippen LogP contribution is 2.19. The van der Waals surface area contributed by atoms with Crippen LogP contribution in [0.4, 0.5) is 0 Å². The van der Waals surface area contributed by atoms with E-state index >= 15 is 0 Å². The summed E-state index contributed by atoms with van der Waals surface area (Å²) >= 11 is 0. The summed E-state index contributed by atoms with van der Waals surface area (Å²) in [5, 5.41) is 4.29. The van der Waals surface area contributed by atoms with Gasteiger partial charge in [-0.3, -0.25) is 9.59 Å². The maximum Gasteiger partial charge on any atom is 0.266 e. The first-order valence-electron chi connectivity index (χ1n) is 8.20. The largest absolute Gasteiger partial charge is 0.334 e. The van der Waals surface area contributed by atoms with E-state index in [1.54, 1.807) is 18.0 Å². The van der Waals surface area contributed by atoms with E-state index in [0.717, 1.165) is 16.9 Å². The summed E-state index contributed by atoms with van der Waals surface area (Å²) < 4.78 is 3.31. The van der Waals surface area contributed by atoms with Gasteiger partial charge in [0.2, 0.25) is 0 Å². The molecule has 0 saturated heterocycles. The minimum atomic E-state index is -0.150. The van der Waals surface area contributed by atoms with E-state index in [9.17, 15) is 9.59 Å². The SMILES string of the molecule is Cn1nc2c(cc1=O)CN(C(=O)c1cccc(-n3cccc3)c1)CC2. The highest BCUT2D eigenvalue weighted by Gasteiger charge is 2.23. The summed E-state index contributed by atoms with van der Waals surface area (Å²) in [5.74, 6) is -0.0275. The lowest BCUT2D eigenvalue weighted by Gasteiger charge is -2.28. The van der Waals surface area contributed by atoms with Crippen molar-refractivity contribution in [3.05, 3.63) is 82.0 Å². The standard InChI is InChI=1S/C19H18N4O2/c1-21-18(24)12-15-13-23(10-7-17(15)20-21)19(25)14-5-4-6-16(11-14)22-8-2-3-9-22/h2-6,8-9,11-12H,7,10,13H2,1H3. The van der Waals surface area contributed by atoms with E-state index in [4.69, 9.17) is 0 Å². The zero-order valence-corrected chi connectivity index (χ0v) is 13.9. The fourth-order valence-electron chi connectivity index (χ4n) is 3.16. The number of amides is 1. The van der Waals surface area contributed by atoms with Crippen molar-refractivity contribution >= 4 is 5.91 Å². The summed E-state index contributed by atoms with van der Waals surface area (Å²) in [6, 6.07) is 13.0. The van der Waals surface area contributed by atoms with Crippen molar-refractivity contribution in [2.24, 2.45) is 7.05 Å². The van der Waals surface area contributed by atoms with Gasteiger partial charge in [0.15, 0.2) is 0 Å². The Bertz CT molecular complexity index is 989. The molecule has 0 spiro atoms. The lowest BCUT2D eigenvalue weighted by molar-refractivity contribution is 0.0732. The molecule has 0 N–H and O–H groups in total. The first kappa shape index (κ1) is 15.4. The molecular formula is C19H18N4O2. The Hall–Kier alpha value is -3.15. The number of hydrogen-bond acceptors (Lipinski definition) is 3. The molecular weight excluding hydrogens is 316 g/mol. The monoisotopic (exact) mass is 334 g/mol. The van der Waals surface area contributed by atoms with Crippen molar-refractivity contribution in [2.45, 2.75) is 13.0 Å². The van der Waals surface area contributed by atoms with Crippen LogP contribution in [0.25, 0.3) is 5.69 Å². The molecule has 0 fully saturated rings. The maximum atomic E-state index is 12.9. The van der Waals surface area contributed by atoms with Crippen LogP contribution in [0, 0.1) is 0 Å². The van der Waals surface area contributed by atoms with Gasteiger partial charge in [-0.05, 0) is 30.3 Å². The van der Waals surface area contributed by atoms with Gasteiger partial charge in [-0.25, -0.2) is 4.68 Å². The van der Waals surface area contributed by atoms with Crippen LogP contribution >= 0.6 is 0 Å². The fourth-order valence-corrected chi connectivity index (χ4v) is 3.16. The number of rotatable bonds is 2. The molecule has 0 radical (unpaired) electrons. The van der Waals surface area contributed by atoms with E-state index < -0.39 is 0 Å². The van der Waals surface area contributed by atoms with Crippen LogP contribution in [0.1, 0.15) is 21.6 Å². The number of fused-ring (bicyclic) bond motifs is 1. The molecule has 126 valence electrons. The molecule has 3 heterocycles. The number of carbonyl (C=O) groups excluding carboxylic acids is 1. The molecule has 0 unspecified atom stereocenters. The minimum absolute atomic E-state index is 0.0275. The Balaban J connectivity index is 1.61. The molecule has 0 saturated carbocycles. The van der Waals surface area contributed by atoms with Gasteiger partial charge in [0, 0.05) is 61.8 Å². The van der Waals surface area contributed by atoms with Gasteiger partial charge in [-0.15, -0.1) is 0 Å². The minimum Gasteiger partial charge on any atom is -0.334 e. The molecule has 1 aliphatic rings. The van der Waals surface area contributed by atoms with E-state index in [-0.39, 0.29) is 11.5 Å². The van der Waals surface area contributed by atoms with Crippen molar-refractivity contribution in [1.82, 2.24) is 19.2 Å². The van der Waals surface area contributed by atoms with Gasteiger partial charge in [0.1, 0.15) is 0 Å². The van der Waals surface area contributed by atoms with Crippen molar-refractivity contribution < 1.29 is 4.79 Å². The molecule has 6 nitrogen and oxygen atoms in total. The van der Waals surface area contributed by atoms with E-state index in [2.05, 4.69) is 5.10 Å². The third-order valence-electron chi connectivity index (χ3n) is 4.52. The van der Waals surface area contributed by atoms with Crippen LogP contribution in [0.3, 0.4) is 0 Å². The van der Waals surface area contributed by atoms with Crippen LogP contribution in [0.15, 0.2) is 59.7 Å². The summed E-state index contributed by atoms with van der Waals surface area (Å²) in [5.41, 5.74) is 3.18. The Morgan fingerprint density at radius 1 is 1.12 bits per heavy atom. The van der Waals surface area contributed by atoms with Crippen LogP contribution in [-0.2, 0) is 20.0 Å². The van der Waals surface area contributed by atoms with E-state index in [0.29, 0.717) is 25.1 Å². The first-order chi connectivity index (χ1) is 12.1. The molecule has 4 rings (SSSR count). The molecule has 0 atom stereocenters. The van der Waals surface area contributed by atoms with E-state index in [1.165, 1.54) is 4.68 Å². The lowest BCUT2D eigenvalue weighted by Crippen LogP contribution is -2.38. The molecule has 0 bridgehead atoms. The second-order valence-electron chi connectivity index (χ2n) is 6.20. The fraction of sp³-hybridized carbons (Fsp3) is 0.211. The zero-order chi connectivity index (χ0) is 17.4. The molecule has 2 aromatic heterocycles. The molecule has 25 heavy (non-hydrogen) atoms. The quantitative estimate of drug-likeness (QED) is 0.718. The van der Waals surface area contributed by atoms with Crippen LogP contribution in [-0.4, -0.2) is 31.7 Å². The van der Waals surface area contributed by atoms with Crippen molar-refractivity contribution in [2.75, 3.05) is 6.54 Å². The van der Waals surface area contributed by atoms with Crippen LogP contribution in [0.5, 0.6) is 0 Å². The van der Waals surface area contributed by atoms with Gasteiger partial charge in [-0.1, -0.05) is 6.07 Å². The highest BCUT2D eigenvalue weighted by atomic mass is 16.2. The average molecular weight is 334 g/mol. The first-order valence-corrected chi connectivity index (χ1v) is 8.20. The average Bonchev–Trinajstić information content (AvgIpc) is 3.16. The second-order valence-corrected chi connectivity index (χ2v) is 6.20. The predicted molar refractivity (Wildman–Crippen MR) is 93.7 cm³/mol. The number of benzene rings is 1. The number of hydrogen-bond donors (Lipinski definition) is 0. The third kappa shape index (κ3) is 2.87. The molecule has 1 aliphatic heterocycles. The maximum absolute atomic E-state index is 12.9. The predicted octanol–water partition coefficient (Wildman–Crippen LogP) is 1.77. The summed E-state index contributed by atoms with van der Waals surface area (Å²) in [4.78, 5) is 26.5. The molecule has 1 amide bonds. The number of aryl methyl sites for hydroxylation is 1. The topological polar surface area (TPSA) is 60.1 Å². The normalized spacial score (nSPS) is 13.6. The number of carbonyl (C=O) groups is 1. The Labute approximate surface area is 144 Å². The summed E-state index contributed by atoms with van der Waals surface area (Å²) in [7, 11) is 1.65. The zero-order valence-electron chi connectivity index (χ0n) is 13.9. The van der Waals surface area contributed by atoms with Crippen LogP contribution in [0.2, 0.25) is 0 Å². The van der Waals surface area contributed by atoms with Gasteiger partial charge in [-0.2, -0.15) is 5.10 Å². The Morgan fingerprint density at radius 2 is 1.92 bits per heavy atom. The second kappa shape index (κ2) is 6.05. The van der Waals surface area contributed by atoms with Crippen LogP contribution < -0.4 is 5.56 Å². The van der Waals surface area contributed by atoms with Crippen molar-refractivity contribution in [1.29, 1.82) is 0 Å². The molecule has 6 heteroatoms. The van der Waals surface area contributed by atoms with Crippen molar-refractivity contribution in [3.8, 4) is 5.69 Å².